The summed E-state index contributed by atoms with van der Waals surface area (Å²) in [7, 11) is 1.53. The first kappa shape index (κ1) is 11.2. The molecule has 1 amide bonds. The lowest BCUT2D eigenvalue weighted by atomic mass is 10.4. The highest BCUT2D eigenvalue weighted by atomic mass is 16.5. The van der Waals surface area contributed by atoms with Gasteiger partial charge in [0, 0.05) is 19.0 Å². The molecule has 0 radical (unpaired) electrons. The van der Waals surface area contributed by atoms with Crippen molar-refractivity contribution in [3.05, 3.63) is 12.1 Å². The van der Waals surface area contributed by atoms with Crippen LogP contribution in [0.4, 0.5) is 5.95 Å². The van der Waals surface area contributed by atoms with Gasteiger partial charge in [0.05, 0.1) is 7.11 Å². The molecule has 0 fully saturated rings. The van der Waals surface area contributed by atoms with Crippen LogP contribution in [0, 0.1) is 0 Å². The molecule has 0 saturated heterocycles. The first-order chi connectivity index (χ1) is 8.11. The van der Waals surface area contributed by atoms with Gasteiger partial charge in [-0.2, -0.15) is 4.98 Å². The predicted molar refractivity (Wildman–Crippen MR) is 62.3 cm³/mol. The molecule has 17 heavy (non-hydrogen) atoms. The Morgan fingerprint density at radius 1 is 1.47 bits per heavy atom. The highest BCUT2D eigenvalue weighted by Gasteiger charge is 2.11. The molecular weight excluding hydrogens is 222 g/mol. The molecule has 2 aromatic rings. The van der Waals surface area contributed by atoms with Crippen LogP contribution in [-0.2, 0) is 11.3 Å². The Morgan fingerprint density at radius 2 is 2.24 bits per heavy atom. The van der Waals surface area contributed by atoms with Crippen LogP contribution in [-0.4, -0.2) is 27.6 Å². The molecule has 2 rings (SSSR count). The Kier molecular flexibility index (Phi) is 2.82. The van der Waals surface area contributed by atoms with E-state index in [4.69, 9.17) is 16.2 Å². The molecule has 0 aliphatic heterocycles. The van der Waals surface area contributed by atoms with Gasteiger partial charge in [0.1, 0.15) is 5.52 Å². The molecule has 90 valence electrons. The largest absolute Gasteiger partial charge is 0.481 e. The Hall–Kier alpha value is -2.31. The van der Waals surface area contributed by atoms with Crippen molar-refractivity contribution < 1.29 is 9.53 Å². The minimum atomic E-state index is -0.394. The Bertz CT molecular complexity index is 563. The lowest BCUT2D eigenvalue weighted by Gasteiger charge is -2.04. The number of nitrogen functional groups attached to an aromatic ring is 1. The molecule has 0 aliphatic carbocycles. The molecule has 0 spiro atoms. The number of primary amides is 1. The summed E-state index contributed by atoms with van der Waals surface area (Å²) in [6, 6.07) is 3.46. The number of amides is 1. The Morgan fingerprint density at radius 3 is 2.88 bits per heavy atom. The SMILES string of the molecule is COc1ccc2nc(N)n(CCC(N)=O)c2n1. The van der Waals surface area contributed by atoms with Gasteiger partial charge in [0.25, 0.3) is 0 Å². The van der Waals surface area contributed by atoms with E-state index in [0.717, 1.165) is 0 Å². The van der Waals surface area contributed by atoms with Crippen molar-refractivity contribution in [2.75, 3.05) is 12.8 Å². The summed E-state index contributed by atoms with van der Waals surface area (Å²) in [5, 5.41) is 0. The fourth-order valence-corrected chi connectivity index (χ4v) is 1.56. The van der Waals surface area contributed by atoms with Crippen molar-refractivity contribution in [2.24, 2.45) is 5.73 Å². The molecule has 0 aliphatic rings. The number of carbonyl (C=O) groups excluding carboxylic acids is 1. The fraction of sp³-hybridized carbons (Fsp3) is 0.300. The number of aryl methyl sites for hydroxylation is 1. The van der Waals surface area contributed by atoms with Crippen LogP contribution < -0.4 is 16.2 Å². The van der Waals surface area contributed by atoms with E-state index in [-0.39, 0.29) is 6.42 Å². The summed E-state index contributed by atoms with van der Waals surface area (Å²) in [5.41, 5.74) is 12.1. The number of aromatic nitrogens is 3. The molecule has 2 heterocycles. The van der Waals surface area contributed by atoms with E-state index in [1.165, 1.54) is 7.11 Å². The number of hydrogen-bond donors (Lipinski definition) is 2. The summed E-state index contributed by atoms with van der Waals surface area (Å²) in [5.74, 6) is 0.383. The highest BCUT2D eigenvalue weighted by molar-refractivity contribution is 5.76. The maximum atomic E-state index is 10.8. The van der Waals surface area contributed by atoms with Crippen molar-refractivity contribution >= 4 is 23.0 Å². The normalized spacial score (nSPS) is 10.6. The average Bonchev–Trinajstić information content (AvgIpc) is 2.61. The van der Waals surface area contributed by atoms with Crippen molar-refractivity contribution in [2.45, 2.75) is 13.0 Å². The number of ether oxygens (including phenoxy) is 1. The lowest BCUT2D eigenvalue weighted by Crippen LogP contribution is -2.15. The summed E-state index contributed by atoms with van der Waals surface area (Å²) in [6.45, 7) is 0.359. The van der Waals surface area contributed by atoms with E-state index in [1.807, 2.05) is 0 Å². The van der Waals surface area contributed by atoms with E-state index in [0.29, 0.717) is 29.5 Å². The maximum absolute atomic E-state index is 10.8. The smallest absolute Gasteiger partial charge is 0.219 e. The summed E-state index contributed by atoms with van der Waals surface area (Å²) in [6.07, 6.45) is 0.189. The zero-order chi connectivity index (χ0) is 12.4. The van der Waals surface area contributed by atoms with Gasteiger partial charge in [-0.25, -0.2) is 4.98 Å². The van der Waals surface area contributed by atoms with Crippen LogP contribution in [0.3, 0.4) is 0 Å². The summed E-state index contributed by atoms with van der Waals surface area (Å²) < 4.78 is 6.67. The molecule has 0 bridgehead atoms. The van der Waals surface area contributed by atoms with Gasteiger partial charge < -0.3 is 16.2 Å². The van der Waals surface area contributed by atoms with E-state index in [9.17, 15) is 4.79 Å². The third kappa shape index (κ3) is 2.12. The van der Waals surface area contributed by atoms with Crippen LogP contribution in [0.5, 0.6) is 5.88 Å². The van der Waals surface area contributed by atoms with Crippen LogP contribution in [0.2, 0.25) is 0 Å². The van der Waals surface area contributed by atoms with Gasteiger partial charge >= 0.3 is 0 Å². The average molecular weight is 235 g/mol. The van der Waals surface area contributed by atoms with Gasteiger partial charge in [0.15, 0.2) is 5.65 Å². The summed E-state index contributed by atoms with van der Waals surface area (Å²) in [4.78, 5) is 19.1. The molecule has 7 nitrogen and oxygen atoms in total. The van der Waals surface area contributed by atoms with E-state index in [2.05, 4.69) is 9.97 Å². The maximum Gasteiger partial charge on any atom is 0.219 e. The Labute approximate surface area is 97.4 Å². The second-order valence-corrected chi connectivity index (χ2v) is 3.53. The zero-order valence-corrected chi connectivity index (χ0v) is 9.38. The van der Waals surface area contributed by atoms with Crippen molar-refractivity contribution in [3.63, 3.8) is 0 Å². The first-order valence-corrected chi connectivity index (χ1v) is 5.07. The third-order valence-electron chi connectivity index (χ3n) is 2.39. The molecule has 4 N–H and O–H groups in total. The minimum absolute atomic E-state index is 0.189. The third-order valence-corrected chi connectivity index (χ3v) is 2.39. The number of hydrogen-bond acceptors (Lipinski definition) is 5. The van der Waals surface area contributed by atoms with E-state index < -0.39 is 5.91 Å². The first-order valence-electron chi connectivity index (χ1n) is 5.07. The number of pyridine rings is 1. The van der Waals surface area contributed by atoms with Crippen LogP contribution in [0.1, 0.15) is 6.42 Å². The molecular formula is C10H13N5O2. The van der Waals surface area contributed by atoms with Crippen molar-refractivity contribution in [1.82, 2.24) is 14.5 Å². The van der Waals surface area contributed by atoms with Crippen LogP contribution >= 0.6 is 0 Å². The minimum Gasteiger partial charge on any atom is -0.481 e. The number of imidazole rings is 1. The van der Waals surface area contributed by atoms with Crippen molar-refractivity contribution in [3.8, 4) is 5.88 Å². The number of rotatable bonds is 4. The number of fused-ring (bicyclic) bond motifs is 1. The van der Waals surface area contributed by atoms with Gasteiger partial charge in [-0.3, -0.25) is 9.36 Å². The van der Waals surface area contributed by atoms with Crippen molar-refractivity contribution in [1.29, 1.82) is 0 Å². The number of anilines is 1. The van der Waals surface area contributed by atoms with Gasteiger partial charge in [-0.05, 0) is 6.07 Å². The fourth-order valence-electron chi connectivity index (χ4n) is 1.56. The quantitative estimate of drug-likeness (QED) is 0.768. The van der Waals surface area contributed by atoms with E-state index in [1.54, 1.807) is 16.7 Å². The topological polar surface area (TPSA) is 109 Å². The molecule has 7 heteroatoms. The van der Waals surface area contributed by atoms with Gasteiger partial charge in [-0.1, -0.05) is 0 Å². The predicted octanol–water partition coefficient (Wildman–Crippen LogP) is -0.103. The number of methoxy groups -OCH3 is 1. The zero-order valence-electron chi connectivity index (χ0n) is 9.38. The second-order valence-electron chi connectivity index (χ2n) is 3.53. The van der Waals surface area contributed by atoms with Crippen LogP contribution in [0.25, 0.3) is 11.2 Å². The molecule has 0 unspecified atom stereocenters. The lowest BCUT2D eigenvalue weighted by molar-refractivity contribution is -0.118. The number of nitrogens with zero attached hydrogens (tertiary/aromatic N) is 3. The molecule has 0 saturated carbocycles. The summed E-state index contributed by atoms with van der Waals surface area (Å²) >= 11 is 0. The number of nitrogens with two attached hydrogens (primary N) is 2. The molecule has 2 aromatic heterocycles. The van der Waals surface area contributed by atoms with Gasteiger partial charge in [0.2, 0.25) is 17.7 Å². The number of carbonyl (C=O) groups is 1. The van der Waals surface area contributed by atoms with Crippen LogP contribution in [0.15, 0.2) is 12.1 Å². The standard InChI is InChI=1S/C10H13N5O2/c1-17-8-3-2-6-9(14-8)15(10(12)13-6)5-4-7(11)16/h2-3H,4-5H2,1H3,(H2,11,16)(H2,12,13). The van der Waals surface area contributed by atoms with E-state index >= 15 is 0 Å². The molecule has 0 aromatic carbocycles. The monoisotopic (exact) mass is 235 g/mol. The van der Waals surface area contributed by atoms with Gasteiger partial charge in [-0.15, -0.1) is 0 Å². The highest BCUT2D eigenvalue weighted by Crippen LogP contribution is 2.19. The second kappa shape index (κ2) is 4.28. The Balaban J connectivity index is 2.44. The molecule has 0 atom stereocenters.